The molecule has 1 heterocycles. The van der Waals surface area contributed by atoms with E-state index in [1.165, 1.54) is 11.3 Å². The Balaban J connectivity index is 1.59. The van der Waals surface area contributed by atoms with Crippen molar-refractivity contribution >= 4 is 34.2 Å². The Morgan fingerprint density at radius 1 is 1.17 bits per heavy atom. The van der Waals surface area contributed by atoms with Gasteiger partial charge in [-0.1, -0.05) is 25.5 Å². The molecule has 3 aliphatic carbocycles. The highest BCUT2D eigenvalue weighted by Gasteiger charge is 2.51. The van der Waals surface area contributed by atoms with E-state index in [0.29, 0.717) is 23.6 Å². The summed E-state index contributed by atoms with van der Waals surface area (Å²) >= 11 is 1.45. The van der Waals surface area contributed by atoms with Crippen molar-refractivity contribution in [3.8, 4) is 0 Å². The number of nitrogens with one attached hydrogen (secondary N) is 1. The van der Waals surface area contributed by atoms with Crippen molar-refractivity contribution in [2.75, 3.05) is 11.9 Å². The molecule has 0 aromatic carbocycles. The predicted molar refractivity (Wildman–Crippen MR) is 110 cm³/mol. The van der Waals surface area contributed by atoms with E-state index in [1.807, 2.05) is 19.1 Å². The standard InChI is InChI=1S/C22H27NO5S/c1-2-3-10-28-22(27)18-14-6-4-5-7-15(14)29-20(18)23-19(24)16-12-8-9-13(11-12)17(16)21(25)26/h8-9,12-13,16-17H,2-7,10-11H2,1H3,(H,23,24)(H,25,26)/t12-,13-,16-,17-/m0/s1. The summed E-state index contributed by atoms with van der Waals surface area (Å²) in [7, 11) is 0. The van der Waals surface area contributed by atoms with Crippen molar-refractivity contribution in [3.63, 3.8) is 0 Å². The number of esters is 1. The van der Waals surface area contributed by atoms with Crippen LogP contribution in [0.4, 0.5) is 5.00 Å². The van der Waals surface area contributed by atoms with Crippen LogP contribution in [-0.2, 0) is 27.2 Å². The number of anilines is 1. The molecule has 0 aliphatic heterocycles. The second-order valence-electron chi connectivity index (χ2n) is 8.23. The van der Waals surface area contributed by atoms with Crippen molar-refractivity contribution in [2.24, 2.45) is 23.7 Å². The molecule has 0 radical (unpaired) electrons. The van der Waals surface area contributed by atoms with E-state index in [4.69, 9.17) is 4.74 Å². The molecule has 3 aliphatic rings. The molecule has 156 valence electrons. The van der Waals surface area contributed by atoms with Crippen LogP contribution >= 0.6 is 11.3 Å². The number of ether oxygens (including phenoxy) is 1. The first-order valence-corrected chi connectivity index (χ1v) is 11.4. The van der Waals surface area contributed by atoms with E-state index in [2.05, 4.69) is 5.32 Å². The number of aryl methyl sites for hydroxylation is 1. The molecule has 1 saturated carbocycles. The monoisotopic (exact) mass is 417 g/mol. The zero-order chi connectivity index (χ0) is 20.5. The molecule has 0 spiro atoms. The average molecular weight is 418 g/mol. The molecule has 4 rings (SSSR count). The molecule has 1 aromatic rings. The highest BCUT2D eigenvalue weighted by molar-refractivity contribution is 7.17. The summed E-state index contributed by atoms with van der Waals surface area (Å²) < 4.78 is 5.46. The molecule has 4 atom stereocenters. The summed E-state index contributed by atoms with van der Waals surface area (Å²) in [4.78, 5) is 38.8. The normalized spacial score (nSPS) is 26.9. The zero-order valence-corrected chi connectivity index (χ0v) is 17.4. The molecular formula is C22H27NO5S. The summed E-state index contributed by atoms with van der Waals surface area (Å²) in [5.74, 6) is -3.01. The van der Waals surface area contributed by atoms with Gasteiger partial charge in [0.1, 0.15) is 5.00 Å². The van der Waals surface area contributed by atoms with E-state index in [0.717, 1.165) is 49.0 Å². The summed E-state index contributed by atoms with van der Waals surface area (Å²) in [5.41, 5.74) is 1.49. The van der Waals surface area contributed by atoms with Gasteiger partial charge in [-0.2, -0.15) is 0 Å². The van der Waals surface area contributed by atoms with Gasteiger partial charge in [0.05, 0.1) is 24.0 Å². The second kappa shape index (κ2) is 8.30. The predicted octanol–water partition coefficient (Wildman–Crippen LogP) is 4.05. The maximum Gasteiger partial charge on any atom is 0.341 e. The number of carboxylic acid groups (broad SMARTS) is 1. The third-order valence-corrected chi connectivity index (χ3v) is 7.60. The fourth-order valence-electron chi connectivity index (χ4n) is 4.96. The topological polar surface area (TPSA) is 92.7 Å². The molecule has 29 heavy (non-hydrogen) atoms. The smallest absolute Gasteiger partial charge is 0.341 e. The van der Waals surface area contributed by atoms with Gasteiger partial charge in [0.25, 0.3) is 0 Å². The molecule has 2 N–H and O–H groups in total. The third kappa shape index (κ3) is 3.72. The number of thiophene rings is 1. The Hall–Kier alpha value is -2.15. The quantitative estimate of drug-likeness (QED) is 0.397. The van der Waals surface area contributed by atoms with Crippen LogP contribution in [0.25, 0.3) is 0 Å². The molecule has 1 fully saturated rings. The maximum absolute atomic E-state index is 13.1. The van der Waals surface area contributed by atoms with Gasteiger partial charge in [-0.15, -0.1) is 11.3 Å². The minimum atomic E-state index is -0.924. The number of amides is 1. The zero-order valence-electron chi connectivity index (χ0n) is 16.6. The lowest BCUT2D eigenvalue weighted by atomic mass is 9.82. The van der Waals surface area contributed by atoms with Crippen molar-refractivity contribution in [1.82, 2.24) is 0 Å². The second-order valence-corrected chi connectivity index (χ2v) is 9.34. The van der Waals surface area contributed by atoms with Crippen LogP contribution in [0, 0.1) is 23.7 Å². The van der Waals surface area contributed by atoms with Crippen LogP contribution in [-0.4, -0.2) is 29.6 Å². The number of fused-ring (bicyclic) bond motifs is 3. The molecule has 2 bridgehead atoms. The summed E-state index contributed by atoms with van der Waals surface area (Å²) in [6.07, 6.45) is 10.1. The van der Waals surface area contributed by atoms with Crippen molar-refractivity contribution < 1.29 is 24.2 Å². The van der Waals surface area contributed by atoms with E-state index < -0.39 is 17.8 Å². The van der Waals surface area contributed by atoms with Crippen LogP contribution in [0.2, 0.25) is 0 Å². The van der Waals surface area contributed by atoms with Crippen LogP contribution < -0.4 is 5.32 Å². The molecule has 0 unspecified atom stereocenters. The van der Waals surface area contributed by atoms with E-state index in [-0.39, 0.29) is 23.7 Å². The molecule has 0 saturated heterocycles. The number of carbonyl (C=O) groups excluding carboxylic acids is 2. The maximum atomic E-state index is 13.1. The number of allylic oxidation sites excluding steroid dienone is 2. The summed E-state index contributed by atoms with van der Waals surface area (Å²) in [6, 6.07) is 0. The van der Waals surface area contributed by atoms with Crippen molar-refractivity contribution in [2.45, 2.75) is 51.9 Å². The number of rotatable bonds is 7. The van der Waals surface area contributed by atoms with Crippen LogP contribution in [0.1, 0.15) is 59.8 Å². The average Bonchev–Trinajstić information content (AvgIpc) is 3.40. The highest BCUT2D eigenvalue weighted by Crippen LogP contribution is 2.49. The van der Waals surface area contributed by atoms with Gasteiger partial charge in [-0.3, -0.25) is 9.59 Å². The Labute approximate surface area is 174 Å². The largest absolute Gasteiger partial charge is 0.481 e. The summed E-state index contributed by atoms with van der Waals surface area (Å²) in [5, 5.41) is 13.1. The van der Waals surface area contributed by atoms with Crippen molar-refractivity contribution in [1.29, 1.82) is 0 Å². The Bertz CT molecular complexity index is 858. The first kappa shape index (κ1) is 20.1. The molecule has 6 nitrogen and oxygen atoms in total. The number of aliphatic carboxylic acids is 1. The first-order chi connectivity index (χ1) is 14.0. The lowest BCUT2D eigenvalue weighted by Crippen LogP contribution is -2.36. The van der Waals surface area contributed by atoms with Gasteiger partial charge >= 0.3 is 11.9 Å². The van der Waals surface area contributed by atoms with Crippen LogP contribution in [0.3, 0.4) is 0 Å². The number of hydrogen-bond acceptors (Lipinski definition) is 5. The van der Waals surface area contributed by atoms with Gasteiger partial charge in [0.2, 0.25) is 5.91 Å². The SMILES string of the molecule is CCCCOC(=O)c1c(NC(=O)[C@@H]2[C@@H](C(=O)O)[C@H]3C=C[C@H]2C3)sc2c1CCCC2. The highest BCUT2D eigenvalue weighted by atomic mass is 32.1. The van der Waals surface area contributed by atoms with Crippen molar-refractivity contribution in [3.05, 3.63) is 28.2 Å². The fraction of sp³-hybridized carbons (Fsp3) is 0.591. The molecular weight excluding hydrogens is 390 g/mol. The van der Waals surface area contributed by atoms with Gasteiger partial charge in [0.15, 0.2) is 0 Å². The van der Waals surface area contributed by atoms with Gasteiger partial charge in [-0.05, 0) is 55.9 Å². The molecule has 7 heteroatoms. The first-order valence-electron chi connectivity index (χ1n) is 10.5. The lowest BCUT2D eigenvalue weighted by molar-refractivity contribution is -0.146. The van der Waals surface area contributed by atoms with E-state index in [1.54, 1.807) is 0 Å². The number of hydrogen-bond donors (Lipinski definition) is 2. The Kier molecular flexibility index (Phi) is 5.76. The van der Waals surface area contributed by atoms with Gasteiger partial charge in [0, 0.05) is 4.88 Å². The fourth-order valence-corrected chi connectivity index (χ4v) is 6.24. The van der Waals surface area contributed by atoms with Crippen LogP contribution in [0.5, 0.6) is 0 Å². The summed E-state index contributed by atoms with van der Waals surface area (Å²) in [6.45, 7) is 2.40. The van der Waals surface area contributed by atoms with Gasteiger partial charge < -0.3 is 15.2 Å². The number of carboxylic acids is 1. The molecule has 1 amide bonds. The lowest BCUT2D eigenvalue weighted by Gasteiger charge is -2.23. The molecule has 1 aromatic heterocycles. The van der Waals surface area contributed by atoms with E-state index in [9.17, 15) is 19.5 Å². The van der Waals surface area contributed by atoms with Crippen LogP contribution in [0.15, 0.2) is 12.2 Å². The number of carbonyl (C=O) groups is 3. The number of unbranched alkanes of at least 4 members (excludes halogenated alkanes) is 1. The van der Waals surface area contributed by atoms with Gasteiger partial charge in [-0.25, -0.2) is 4.79 Å². The third-order valence-electron chi connectivity index (χ3n) is 6.39. The van der Waals surface area contributed by atoms with E-state index >= 15 is 0 Å². The minimum Gasteiger partial charge on any atom is -0.481 e. The Morgan fingerprint density at radius 2 is 1.90 bits per heavy atom. The Morgan fingerprint density at radius 3 is 2.62 bits per heavy atom. The minimum absolute atomic E-state index is 0.0457.